The van der Waals surface area contributed by atoms with Crippen molar-refractivity contribution in [1.29, 1.82) is 0 Å². The van der Waals surface area contributed by atoms with Gasteiger partial charge in [-0.05, 0) is 51.8 Å². The standard InChI is InChI=1S/C17H10BrFN4O/c18-16-12-2-1-7-20-13(12)9-14(21-16)17-22-15(24-23-17)8-10-3-5-11(19)6-4-10/h1-7,9H,8H2. The average molecular weight is 385 g/mol. The molecule has 5 nitrogen and oxygen atoms in total. The summed E-state index contributed by atoms with van der Waals surface area (Å²) in [6.07, 6.45) is 2.15. The highest BCUT2D eigenvalue weighted by molar-refractivity contribution is 9.10. The maximum atomic E-state index is 12.9. The van der Waals surface area contributed by atoms with Crippen LogP contribution in [0.4, 0.5) is 4.39 Å². The Kier molecular flexibility index (Phi) is 3.78. The molecular formula is C17H10BrFN4O. The lowest BCUT2D eigenvalue weighted by Crippen LogP contribution is -1.91. The van der Waals surface area contributed by atoms with Crippen LogP contribution < -0.4 is 0 Å². The van der Waals surface area contributed by atoms with Crippen LogP contribution in [0.25, 0.3) is 22.4 Å². The molecule has 0 spiro atoms. The first-order valence-electron chi connectivity index (χ1n) is 7.18. The minimum atomic E-state index is -0.275. The molecule has 0 N–H and O–H groups in total. The molecule has 0 radical (unpaired) electrons. The number of hydrogen-bond donors (Lipinski definition) is 0. The lowest BCUT2D eigenvalue weighted by molar-refractivity contribution is 0.385. The van der Waals surface area contributed by atoms with Crippen LogP contribution in [0.15, 0.2) is 57.8 Å². The quantitative estimate of drug-likeness (QED) is 0.496. The Balaban J connectivity index is 1.66. The van der Waals surface area contributed by atoms with Crippen molar-refractivity contribution in [2.45, 2.75) is 6.42 Å². The molecule has 0 aliphatic rings. The highest BCUT2D eigenvalue weighted by Crippen LogP contribution is 2.25. The molecule has 1 aromatic carbocycles. The van der Waals surface area contributed by atoms with Crippen molar-refractivity contribution in [3.05, 3.63) is 70.5 Å². The molecule has 4 rings (SSSR count). The van der Waals surface area contributed by atoms with E-state index >= 15 is 0 Å². The van der Waals surface area contributed by atoms with Crippen molar-refractivity contribution in [2.75, 3.05) is 0 Å². The van der Waals surface area contributed by atoms with Crippen molar-refractivity contribution in [1.82, 2.24) is 20.1 Å². The fraction of sp³-hybridized carbons (Fsp3) is 0.0588. The molecule has 0 unspecified atom stereocenters. The fourth-order valence-corrected chi connectivity index (χ4v) is 2.88. The predicted molar refractivity (Wildman–Crippen MR) is 89.7 cm³/mol. The number of rotatable bonds is 3. The van der Waals surface area contributed by atoms with E-state index in [1.165, 1.54) is 12.1 Å². The number of benzene rings is 1. The van der Waals surface area contributed by atoms with Crippen LogP contribution in [0, 0.1) is 5.82 Å². The molecule has 0 bridgehead atoms. The lowest BCUT2D eigenvalue weighted by atomic mass is 10.1. The van der Waals surface area contributed by atoms with Crippen LogP contribution in [-0.4, -0.2) is 20.1 Å². The Morgan fingerprint density at radius 2 is 1.92 bits per heavy atom. The molecule has 4 aromatic rings. The third kappa shape index (κ3) is 2.90. The number of nitrogens with zero attached hydrogens (tertiary/aromatic N) is 4. The van der Waals surface area contributed by atoms with Gasteiger partial charge in [-0.3, -0.25) is 4.98 Å². The van der Waals surface area contributed by atoms with Gasteiger partial charge in [0.15, 0.2) is 0 Å². The minimum absolute atomic E-state index is 0.275. The molecule has 0 saturated heterocycles. The van der Waals surface area contributed by atoms with E-state index in [4.69, 9.17) is 4.52 Å². The molecule has 3 heterocycles. The van der Waals surface area contributed by atoms with E-state index in [0.717, 1.165) is 16.5 Å². The van der Waals surface area contributed by atoms with Crippen LogP contribution in [0.1, 0.15) is 11.5 Å². The van der Waals surface area contributed by atoms with E-state index in [2.05, 4.69) is 36.0 Å². The summed E-state index contributed by atoms with van der Waals surface area (Å²) >= 11 is 3.44. The van der Waals surface area contributed by atoms with Crippen molar-refractivity contribution >= 4 is 26.8 Å². The smallest absolute Gasteiger partial charge is 0.231 e. The highest BCUT2D eigenvalue weighted by atomic mass is 79.9. The second-order valence-electron chi connectivity index (χ2n) is 5.18. The Labute approximate surface area is 144 Å². The van der Waals surface area contributed by atoms with Crippen LogP contribution in [-0.2, 0) is 6.42 Å². The minimum Gasteiger partial charge on any atom is -0.339 e. The van der Waals surface area contributed by atoms with Crippen molar-refractivity contribution in [2.24, 2.45) is 0 Å². The summed E-state index contributed by atoms with van der Waals surface area (Å²) in [6.45, 7) is 0. The second-order valence-corrected chi connectivity index (χ2v) is 5.93. The summed E-state index contributed by atoms with van der Waals surface area (Å²) in [5.41, 5.74) is 2.25. The Morgan fingerprint density at radius 3 is 2.75 bits per heavy atom. The SMILES string of the molecule is Fc1ccc(Cc2nc(-c3cc4ncccc4c(Br)n3)no2)cc1. The third-order valence-corrected chi connectivity index (χ3v) is 4.12. The largest absolute Gasteiger partial charge is 0.339 e. The number of fused-ring (bicyclic) bond motifs is 1. The van der Waals surface area contributed by atoms with Crippen molar-refractivity contribution < 1.29 is 8.91 Å². The van der Waals surface area contributed by atoms with E-state index in [9.17, 15) is 4.39 Å². The third-order valence-electron chi connectivity index (χ3n) is 3.52. The fourth-order valence-electron chi connectivity index (χ4n) is 2.36. The van der Waals surface area contributed by atoms with E-state index < -0.39 is 0 Å². The average Bonchev–Trinajstić information content (AvgIpc) is 3.05. The molecule has 3 aromatic heterocycles. The maximum absolute atomic E-state index is 12.9. The van der Waals surface area contributed by atoms with Gasteiger partial charge >= 0.3 is 0 Å². The summed E-state index contributed by atoms with van der Waals surface area (Å²) < 4.78 is 18.9. The van der Waals surface area contributed by atoms with Gasteiger partial charge in [0.1, 0.15) is 16.1 Å². The number of halogens is 2. The zero-order chi connectivity index (χ0) is 16.5. The number of aromatic nitrogens is 4. The van der Waals surface area contributed by atoms with Gasteiger partial charge in [-0.1, -0.05) is 17.3 Å². The Hall–Kier alpha value is -2.67. The molecule has 0 saturated carbocycles. The molecule has 118 valence electrons. The summed E-state index contributed by atoms with van der Waals surface area (Å²) in [5, 5.41) is 4.89. The molecule has 7 heteroatoms. The van der Waals surface area contributed by atoms with E-state index in [1.807, 2.05) is 18.2 Å². The van der Waals surface area contributed by atoms with Crippen molar-refractivity contribution in [3.8, 4) is 11.5 Å². The first kappa shape index (κ1) is 14.9. The van der Waals surface area contributed by atoms with Gasteiger partial charge in [-0.25, -0.2) is 9.37 Å². The predicted octanol–water partition coefficient (Wildman–Crippen LogP) is 4.17. The summed E-state index contributed by atoms with van der Waals surface area (Å²) in [4.78, 5) is 13.1. The molecule has 0 amide bonds. The first-order chi connectivity index (χ1) is 11.7. The topological polar surface area (TPSA) is 64.7 Å². The summed E-state index contributed by atoms with van der Waals surface area (Å²) in [7, 11) is 0. The second kappa shape index (κ2) is 6.09. The molecule has 24 heavy (non-hydrogen) atoms. The van der Waals surface area contributed by atoms with E-state index in [0.29, 0.717) is 28.4 Å². The first-order valence-corrected chi connectivity index (χ1v) is 7.97. The summed E-state index contributed by atoms with van der Waals surface area (Å²) in [5.74, 6) is 0.554. The number of hydrogen-bond acceptors (Lipinski definition) is 5. The summed E-state index contributed by atoms with van der Waals surface area (Å²) in [6, 6.07) is 11.8. The lowest BCUT2D eigenvalue weighted by Gasteiger charge is -2.01. The van der Waals surface area contributed by atoms with Crippen LogP contribution >= 0.6 is 15.9 Å². The Bertz CT molecular complexity index is 1020. The van der Waals surface area contributed by atoms with Gasteiger partial charge in [-0.15, -0.1) is 0 Å². The highest BCUT2D eigenvalue weighted by Gasteiger charge is 2.13. The maximum Gasteiger partial charge on any atom is 0.231 e. The van der Waals surface area contributed by atoms with Gasteiger partial charge in [0, 0.05) is 11.6 Å². The molecular weight excluding hydrogens is 375 g/mol. The molecule has 0 atom stereocenters. The van der Waals surface area contributed by atoms with E-state index in [1.54, 1.807) is 18.3 Å². The molecule has 0 aliphatic carbocycles. The Morgan fingerprint density at radius 1 is 1.08 bits per heavy atom. The zero-order valence-electron chi connectivity index (χ0n) is 12.3. The van der Waals surface area contributed by atoms with Gasteiger partial charge in [-0.2, -0.15) is 4.98 Å². The van der Waals surface area contributed by atoms with E-state index in [-0.39, 0.29) is 5.82 Å². The van der Waals surface area contributed by atoms with Crippen LogP contribution in [0.5, 0.6) is 0 Å². The van der Waals surface area contributed by atoms with Gasteiger partial charge < -0.3 is 4.52 Å². The van der Waals surface area contributed by atoms with Gasteiger partial charge in [0.05, 0.1) is 11.9 Å². The monoisotopic (exact) mass is 384 g/mol. The van der Waals surface area contributed by atoms with Gasteiger partial charge in [0.25, 0.3) is 0 Å². The van der Waals surface area contributed by atoms with Crippen LogP contribution in [0.2, 0.25) is 0 Å². The van der Waals surface area contributed by atoms with Crippen molar-refractivity contribution in [3.63, 3.8) is 0 Å². The number of pyridine rings is 2. The normalized spacial score (nSPS) is 11.1. The zero-order valence-corrected chi connectivity index (χ0v) is 13.9. The molecule has 0 fully saturated rings. The molecule has 0 aliphatic heterocycles. The van der Waals surface area contributed by atoms with Crippen LogP contribution in [0.3, 0.4) is 0 Å². The van der Waals surface area contributed by atoms with Gasteiger partial charge in [0.2, 0.25) is 11.7 Å².